The molecule has 1 saturated carbocycles. The van der Waals surface area contributed by atoms with E-state index < -0.39 is 22.4 Å². The number of rotatable bonds is 2. The summed E-state index contributed by atoms with van der Waals surface area (Å²) in [7, 11) is 0. The minimum absolute atomic E-state index is 0.0368. The summed E-state index contributed by atoms with van der Waals surface area (Å²) in [6.07, 6.45) is 2.96. The summed E-state index contributed by atoms with van der Waals surface area (Å²) < 4.78 is 11.4. The topological polar surface area (TPSA) is 54.0 Å². The lowest BCUT2D eigenvalue weighted by molar-refractivity contribution is -0.558. The first-order valence-corrected chi connectivity index (χ1v) is 10.7. The predicted octanol–water partition coefficient (Wildman–Crippen LogP) is 4.31. The van der Waals surface area contributed by atoms with Crippen molar-refractivity contribution in [3.05, 3.63) is 30.3 Å². The molecular weight excluding hydrogens is 364 g/mol. The number of fused-ring (bicyclic) bond motifs is 2. The van der Waals surface area contributed by atoms with Crippen molar-refractivity contribution in [3.8, 4) is 0 Å². The Morgan fingerprint density at radius 1 is 1.07 bits per heavy atom. The van der Waals surface area contributed by atoms with Gasteiger partial charge in [-0.25, -0.2) is 9.78 Å². The molecule has 146 valence electrons. The van der Waals surface area contributed by atoms with Gasteiger partial charge in [-0.3, -0.25) is 4.79 Å². The van der Waals surface area contributed by atoms with E-state index in [9.17, 15) is 4.79 Å². The summed E-state index contributed by atoms with van der Waals surface area (Å²) in [5.41, 5.74) is -0.738. The standard InChI is InChI=1S/C21H26O5S/c1-13-9-10-16-20(3,27-14-7-5-4-6-8-14)17(22)23-18-21(16)15(13)11-12-19(2,24-18)25-26-21/h4-8,13,15-16,18H,9-12H2,1-3H3/t13-,15?,16+,18?,19?,20-,21?/m1/s1. The van der Waals surface area contributed by atoms with E-state index in [1.165, 1.54) is 0 Å². The van der Waals surface area contributed by atoms with E-state index in [0.717, 1.165) is 30.6 Å². The molecule has 6 heteroatoms. The highest BCUT2D eigenvalue weighted by Crippen LogP contribution is 2.63. The lowest BCUT2D eigenvalue weighted by atomic mass is 9.58. The Kier molecular flexibility index (Phi) is 3.97. The average molecular weight is 391 g/mol. The molecule has 4 heterocycles. The Bertz CT molecular complexity index is 756. The molecule has 4 saturated heterocycles. The summed E-state index contributed by atoms with van der Waals surface area (Å²) in [5, 5.41) is 0. The quantitative estimate of drug-likeness (QED) is 0.554. The van der Waals surface area contributed by atoms with Crippen LogP contribution in [0.3, 0.4) is 0 Å². The fourth-order valence-electron chi connectivity index (χ4n) is 5.61. The molecule has 0 radical (unpaired) electrons. The normalized spacial score (nSPS) is 48.5. The first-order chi connectivity index (χ1) is 12.9. The Balaban J connectivity index is 1.60. The zero-order valence-corrected chi connectivity index (χ0v) is 16.8. The molecule has 5 nitrogen and oxygen atoms in total. The smallest absolute Gasteiger partial charge is 0.325 e. The highest BCUT2D eigenvalue weighted by molar-refractivity contribution is 8.01. The molecule has 1 aliphatic carbocycles. The van der Waals surface area contributed by atoms with Crippen LogP contribution in [0, 0.1) is 17.8 Å². The number of hydrogen-bond acceptors (Lipinski definition) is 6. The number of benzene rings is 1. The maximum Gasteiger partial charge on any atom is 0.325 e. The van der Waals surface area contributed by atoms with E-state index >= 15 is 0 Å². The van der Waals surface area contributed by atoms with Crippen LogP contribution in [0.15, 0.2) is 35.2 Å². The van der Waals surface area contributed by atoms with Crippen LogP contribution >= 0.6 is 11.8 Å². The van der Waals surface area contributed by atoms with Crippen molar-refractivity contribution in [1.82, 2.24) is 0 Å². The number of esters is 1. The van der Waals surface area contributed by atoms with Gasteiger partial charge in [0.15, 0.2) is 5.60 Å². The molecule has 1 aromatic carbocycles. The monoisotopic (exact) mass is 390 g/mol. The lowest BCUT2D eigenvalue weighted by Crippen LogP contribution is -2.73. The van der Waals surface area contributed by atoms with Crippen molar-refractivity contribution in [2.75, 3.05) is 0 Å². The highest BCUT2D eigenvalue weighted by atomic mass is 32.2. The molecule has 2 bridgehead atoms. The van der Waals surface area contributed by atoms with Gasteiger partial charge in [0.2, 0.25) is 12.1 Å². The number of thioether (sulfide) groups is 1. The number of ether oxygens (including phenoxy) is 2. The van der Waals surface area contributed by atoms with E-state index in [-0.39, 0.29) is 17.8 Å². The van der Waals surface area contributed by atoms with Crippen molar-refractivity contribution >= 4 is 17.7 Å². The lowest BCUT2D eigenvalue weighted by Gasteiger charge is -2.60. The van der Waals surface area contributed by atoms with Gasteiger partial charge in [0.05, 0.1) is 0 Å². The zero-order chi connectivity index (χ0) is 18.9. The predicted molar refractivity (Wildman–Crippen MR) is 99.6 cm³/mol. The minimum Gasteiger partial charge on any atom is -0.431 e. The first-order valence-electron chi connectivity index (χ1n) is 9.87. The fourth-order valence-corrected chi connectivity index (χ4v) is 6.97. The largest absolute Gasteiger partial charge is 0.431 e. The second-order valence-corrected chi connectivity index (χ2v) is 10.3. The van der Waals surface area contributed by atoms with Crippen molar-refractivity contribution < 1.29 is 24.0 Å². The summed E-state index contributed by atoms with van der Waals surface area (Å²) in [4.78, 5) is 26.3. The molecule has 1 spiro atoms. The van der Waals surface area contributed by atoms with Crippen molar-refractivity contribution in [1.29, 1.82) is 0 Å². The molecule has 0 amide bonds. The average Bonchev–Trinajstić information content (AvgIpc) is 2.87. The van der Waals surface area contributed by atoms with Crippen LogP contribution in [-0.2, 0) is 24.0 Å². The molecule has 4 unspecified atom stereocenters. The molecule has 27 heavy (non-hydrogen) atoms. The van der Waals surface area contributed by atoms with Gasteiger partial charge in [-0.15, -0.1) is 11.8 Å². The van der Waals surface area contributed by atoms with Crippen LogP contribution in [0.1, 0.15) is 46.5 Å². The number of carbonyl (C=O) groups excluding carboxylic acids is 1. The maximum absolute atomic E-state index is 13.2. The molecule has 0 aromatic heterocycles. The van der Waals surface area contributed by atoms with E-state index in [4.69, 9.17) is 19.2 Å². The summed E-state index contributed by atoms with van der Waals surface area (Å²) in [6, 6.07) is 10.0. The van der Waals surface area contributed by atoms with Crippen LogP contribution in [0.25, 0.3) is 0 Å². The Labute approximate surface area is 164 Å². The summed E-state index contributed by atoms with van der Waals surface area (Å²) >= 11 is 1.57. The SMILES string of the molecule is C[C@@H]1CC[C@@H]2C34OOC(C)(CCC13)OC4OC(=O)[C@]2(C)Sc1ccccc1. The van der Waals surface area contributed by atoms with Gasteiger partial charge in [0.1, 0.15) is 4.75 Å². The van der Waals surface area contributed by atoms with Gasteiger partial charge in [-0.1, -0.05) is 25.1 Å². The molecular formula is C21H26O5S. The second kappa shape index (κ2) is 5.96. The van der Waals surface area contributed by atoms with Gasteiger partial charge in [0, 0.05) is 23.2 Å². The van der Waals surface area contributed by atoms with Crippen LogP contribution in [0.5, 0.6) is 0 Å². The van der Waals surface area contributed by atoms with E-state index in [2.05, 4.69) is 6.92 Å². The molecule has 4 aliphatic heterocycles. The van der Waals surface area contributed by atoms with Gasteiger partial charge >= 0.3 is 5.97 Å². The van der Waals surface area contributed by atoms with E-state index in [1.807, 2.05) is 44.2 Å². The molecule has 7 atom stereocenters. The van der Waals surface area contributed by atoms with Crippen LogP contribution in [0.2, 0.25) is 0 Å². The van der Waals surface area contributed by atoms with Crippen LogP contribution in [0.4, 0.5) is 0 Å². The van der Waals surface area contributed by atoms with Gasteiger partial charge in [-0.2, -0.15) is 0 Å². The Hall–Kier alpha value is -1.08. The number of hydrogen-bond donors (Lipinski definition) is 0. The second-order valence-electron chi connectivity index (χ2n) is 8.78. The van der Waals surface area contributed by atoms with E-state index in [0.29, 0.717) is 5.92 Å². The first kappa shape index (κ1) is 18.0. The molecule has 5 aliphatic rings. The van der Waals surface area contributed by atoms with Gasteiger partial charge in [-0.05, 0) is 51.2 Å². The van der Waals surface area contributed by atoms with E-state index in [1.54, 1.807) is 11.8 Å². The molecule has 5 fully saturated rings. The van der Waals surface area contributed by atoms with Crippen molar-refractivity contribution in [2.45, 2.75) is 73.8 Å². The molecule has 6 rings (SSSR count). The van der Waals surface area contributed by atoms with Crippen molar-refractivity contribution in [2.24, 2.45) is 17.8 Å². The Morgan fingerprint density at radius 2 is 1.85 bits per heavy atom. The van der Waals surface area contributed by atoms with Crippen LogP contribution < -0.4 is 0 Å². The summed E-state index contributed by atoms with van der Waals surface area (Å²) in [5.74, 6) is -0.387. The molecule has 1 aromatic rings. The molecule has 0 N–H and O–H groups in total. The number of carbonyl (C=O) groups is 1. The third-order valence-electron chi connectivity index (χ3n) is 7.08. The fraction of sp³-hybridized carbons (Fsp3) is 0.667. The van der Waals surface area contributed by atoms with Gasteiger partial charge in [0.25, 0.3) is 0 Å². The summed E-state index contributed by atoms with van der Waals surface area (Å²) in [6.45, 7) is 6.14. The van der Waals surface area contributed by atoms with Crippen molar-refractivity contribution in [3.63, 3.8) is 0 Å². The van der Waals surface area contributed by atoms with Gasteiger partial charge < -0.3 is 9.47 Å². The minimum atomic E-state index is -0.849. The third-order valence-corrected chi connectivity index (χ3v) is 8.46. The zero-order valence-electron chi connectivity index (χ0n) is 16.0. The third kappa shape index (κ3) is 2.46. The highest BCUT2D eigenvalue weighted by Gasteiger charge is 2.73. The Morgan fingerprint density at radius 3 is 2.63 bits per heavy atom. The maximum atomic E-state index is 13.2. The van der Waals surface area contributed by atoms with Crippen LogP contribution in [-0.4, -0.2) is 28.4 Å².